The zero-order valence-electron chi connectivity index (χ0n) is 10.3. The van der Waals surface area contributed by atoms with Crippen LogP contribution in [0.1, 0.15) is 11.4 Å². The quantitative estimate of drug-likeness (QED) is 0.447. The van der Waals surface area contributed by atoms with Crippen LogP contribution >= 0.6 is 34.2 Å². The molecule has 6 nitrogen and oxygen atoms in total. The zero-order valence-corrected chi connectivity index (χ0v) is 13.3. The number of aromatic nitrogens is 2. The third kappa shape index (κ3) is 2.83. The van der Waals surface area contributed by atoms with Crippen LogP contribution in [-0.2, 0) is 6.54 Å². The van der Waals surface area contributed by atoms with Crippen LogP contribution in [-0.4, -0.2) is 14.5 Å². The van der Waals surface area contributed by atoms with Crippen molar-refractivity contribution in [1.29, 1.82) is 0 Å². The van der Waals surface area contributed by atoms with E-state index in [-0.39, 0.29) is 22.8 Å². The predicted molar refractivity (Wildman–Crippen MR) is 83.2 cm³/mol. The molecule has 0 saturated carbocycles. The topological polar surface area (TPSA) is 78.0 Å². The molecule has 0 atom stereocenters. The van der Waals surface area contributed by atoms with Crippen LogP contribution < -0.4 is 5.56 Å². The summed E-state index contributed by atoms with van der Waals surface area (Å²) in [5.41, 5.74) is -0.0526. The van der Waals surface area contributed by atoms with E-state index in [1.165, 1.54) is 22.9 Å². The SMILES string of the molecule is Cc1ncc(I)c(=O)n1Cc1c(Cl)cccc1[N+](=O)[O-]. The number of hydrogen-bond donors (Lipinski definition) is 0. The molecule has 2 aromatic rings. The number of aryl methyl sites for hydroxylation is 1. The lowest BCUT2D eigenvalue weighted by molar-refractivity contribution is -0.385. The number of nitrogens with zero attached hydrogens (tertiary/aromatic N) is 3. The van der Waals surface area contributed by atoms with Crippen molar-refractivity contribution in [2.75, 3.05) is 0 Å². The van der Waals surface area contributed by atoms with Gasteiger partial charge < -0.3 is 0 Å². The molecular formula is C12H9ClIN3O3. The van der Waals surface area contributed by atoms with Gasteiger partial charge in [-0.05, 0) is 35.6 Å². The minimum Gasteiger partial charge on any atom is -0.291 e. The summed E-state index contributed by atoms with van der Waals surface area (Å²) in [6.45, 7) is 1.69. The van der Waals surface area contributed by atoms with Crippen LogP contribution in [0.5, 0.6) is 0 Å². The second-order valence-electron chi connectivity index (χ2n) is 4.04. The second kappa shape index (κ2) is 5.88. The Balaban J connectivity index is 2.59. The molecule has 0 aliphatic rings. The summed E-state index contributed by atoms with van der Waals surface area (Å²) in [6, 6.07) is 4.43. The summed E-state index contributed by atoms with van der Waals surface area (Å²) in [6.07, 6.45) is 1.47. The fourth-order valence-corrected chi connectivity index (χ4v) is 2.43. The summed E-state index contributed by atoms with van der Waals surface area (Å²) in [7, 11) is 0. The lowest BCUT2D eigenvalue weighted by atomic mass is 10.1. The van der Waals surface area contributed by atoms with E-state index in [4.69, 9.17) is 11.6 Å². The molecule has 0 radical (unpaired) electrons. The van der Waals surface area contributed by atoms with Crippen LogP contribution in [0.15, 0.2) is 29.2 Å². The van der Waals surface area contributed by atoms with Crippen LogP contribution in [0.2, 0.25) is 5.02 Å². The Morgan fingerprint density at radius 1 is 1.50 bits per heavy atom. The van der Waals surface area contributed by atoms with E-state index in [0.717, 1.165) is 0 Å². The first-order chi connectivity index (χ1) is 9.41. The van der Waals surface area contributed by atoms with Crippen molar-refractivity contribution in [3.05, 3.63) is 64.8 Å². The van der Waals surface area contributed by atoms with Gasteiger partial charge >= 0.3 is 0 Å². The molecule has 0 N–H and O–H groups in total. The fourth-order valence-electron chi connectivity index (χ4n) is 1.77. The first-order valence-corrected chi connectivity index (χ1v) is 7.01. The van der Waals surface area contributed by atoms with Gasteiger partial charge in [-0.15, -0.1) is 0 Å². The molecule has 0 saturated heterocycles. The highest BCUT2D eigenvalue weighted by Gasteiger charge is 2.18. The molecule has 0 amide bonds. The highest BCUT2D eigenvalue weighted by molar-refractivity contribution is 14.1. The number of nitro benzene ring substituents is 1. The molecule has 2 rings (SSSR count). The number of benzene rings is 1. The average molecular weight is 406 g/mol. The lowest BCUT2D eigenvalue weighted by Gasteiger charge is -2.11. The summed E-state index contributed by atoms with van der Waals surface area (Å²) >= 11 is 7.90. The highest BCUT2D eigenvalue weighted by atomic mass is 127. The summed E-state index contributed by atoms with van der Waals surface area (Å²) in [4.78, 5) is 26.7. The molecule has 1 aromatic carbocycles. The molecule has 1 heterocycles. The number of hydrogen-bond acceptors (Lipinski definition) is 4. The number of nitro groups is 1. The molecule has 0 spiro atoms. The Kier molecular flexibility index (Phi) is 4.39. The fraction of sp³-hybridized carbons (Fsp3) is 0.167. The van der Waals surface area contributed by atoms with Crippen molar-refractivity contribution in [1.82, 2.24) is 9.55 Å². The van der Waals surface area contributed by atoms with Crippen molar-refractivity contribution in [2.45, 2.75) is 13.5 Å². The van der Waals surface area contributed by atoms with E-state index in [1.807, 2.05) is 22.6 Å². The molecule has 0 aliphatic carbocycles. The average Bonchev–Trinajstić information content (AvgIpc) is 2.40. The summed E-state index contributed by atoms with van der Waals surface area (Å²) in [5, 5.41) is 11.3. The minimum absolute atomic E-state index is 0.0183. The standard InChI is InChI=1S/C12H9ClIN3O3/c1-7-15-5-10(14)12(18)16(7)6-8-9(13)3-2-4-11(8)17(19)20/h2-5H,6H2,1H3. The van der Waals surface area contributed by atoms with Gasteiger partial charge in [-0.3, -0.25) is 19.5 Å². The van der Waals surface area contributed by atoms with Gasteiger partial charge in [-0.25, -0.2) is 4.98 Å². The van der Waals surface area contributed by atoms with Crippen LogP contribution in [0.25, 0.3) is 0 Å². The van der Waals surface area contributed by atoms with Gasteiger partial charge in [-0.1, -0.05) is 17.7 Å². The number of rotatable bonds is 3. The maximum absolute atomic E-state index is 12.1. The third-order valence-electron chi connectivity index (χ3n) is 2.81. The van der Waals surface area contributed by atoms with Crippen molar-refractivity contribution in [3.8, 4) is 0 Å². The third-order valence-corrected chi connectivity index (χ3v) is 3.91. The molecule has 104 valence electrons. The maximum atomic E-state index is 12.1. The number of halogens is 2. The molecule has 0 bridgehead atoms. The van der Waals surface area contributed by atoms with Crippen molar-refractivity contribution >= 4 is 39.9 Å². The first kappa shape index (κ1) is 14.9. The molecule has 1 aromatic heterocycles. The van der Waals surface area contributed by atoms with Crippen molar-refractivity contribution in [2.24, 2.45) is 0 Å². The Morgan fingerprint density at radius 2 is 2.20 bits per heavy atom. The lowest BCUT2D eigenvalue weighted by Crippen LogP contribution is -2.26. The normalized spacial score (nSPS) is 10.6. The second-order valence-corrected chi connectivity index (χ2v) is 5.61. The first-order valence-electron chi connectivity index (χ1n) is 5.55. The zero-order chi connectivity index (χ0) is 14.9. The molecule has 0 fully saturated rings. The maximum Gasteiger partial charge on any atom is 0.275 e. The Morgan fingerprint density at radius 3 is 2.85 bits per heavy atom. The Hall–Kier alpha value is -1.48. The van der Waals surface area contributed by atoms with Crippen molar-refractivity contribution < 1.29 is 4.92 Å². The summed E-state index contributed by atoms with van der Waals surface area (Å²) in [5.74, 6) is 0.477. The molecule has 20 heavy (non-hydrogen) atoms. The molecular weight excluding hydrogens is 397 g/mol. The smallest absolute Gasteiger partial charge is 0.275 e. The molecule has 8 heteroatoms. The Labute approximate surface area is 132 Å². The van der Waals surface area contributed by atoms with Gasteiger partial charge in [0.15, 0.2) is 0 Å². The minimum atomic E-state index is -0.511. The van der Waals surface area contributed by atoms with Gasteiger partial charge in [0.1, 0.15) is 5.82 Å². The summed E-state index contributed by atoms with van der Waals surface area (Å²) < 4.78 is 1.82. The van der Waals surface area contributed by atoms with Crippen LogP contribution in [0.4, 0.5) is 5.69 Å². The largest absolute Gasteiger partial charge is 0.291 e. The highest BCUT2D eigenvalue weighted by Crippen LogP contribution is 2.26. The van der Waals surface area contributed by atoms with Gasteiger partial charge in [-0.2, -0.15) is 0 Å². The van der Waals surface area contributed by atoms with E-state index in [1.54, 1.807) is 13.0 Å². The Bertz CT molecular complexity index is 745. The molecule has 0 unspecified atom stereocenters. The molecule has 0 aliphatic heterocycles. The van der Waals surface area contributed by atoms with E-state index >= 15 is 0 Å². The van der Waals surface area contributed by atoms with E-state index in [2.05, 4.69) is 4.98 Å². The van der Waals surface area contributed by atoms with Gasteiger partial charge in [0.2, 0.25) is 0 Å². The van der Waals surface area contributed by atoms with Crippen LogP contribution in [0, 0.1) is 20.6 Å². The van der Waals surface area contributed by atoms with Gasteiger partial charge in [0.25, 0.3) is 11.2 Å². The predicted octanol–water partition coefficient (Wildman–Crippen LogP) is 2.77. The van der Waals surface area contributed by atoms with Crippen molar-refractivity contribution in [3.63, 3.8) is 0 Å². The van der Waals surface area contributed by atoms with E-state index < -0.39 is 4.92 Å². The monoisotopic (exact) mass is 405 g/mol. The van der Waals surface area contributed by atoms with Gasteiger partial charge in [0.05, 0.1) is 25.6 Å². The van der Waals surface area contributed by atoms with E-state index in [9.17, 15) is 14.9 Å². The van der Waals surface area contributed by atoms with Gasteiger partial charge in [0, 0.05) is 12.3 Å². The van der Waals surface area contributed by atoms with E-state index in [0.29, 0.717) is 15.0 Å². The van der Waals surface area contributed by atoms with Crippen LogP contribution in [0.3, 0.4) is 0 Å².